The number of rotatable bonds is 15. The molecule has 2 N–H and O–H groups in total. The molecule has 2 amide bonds. The molecule has 42 heavy (non-hydrogen) atoms. The molecule has 0 spiro atoms. The molecule has 4 rings (SSSR count). The first kappa shape index (κ1) is 32.0. The van der Waals surface area contributed by atoms with Crippen LogP contribution in [0, 0.1) is 0 Å². The van der Waals surface area contributed by atoms with E-state index in [9.17, 15) is 9.59 Å². The minimum absolute atomic E-state index is 0.0599. The summed E-state index contributed by atoms with van der Waals surface area (Å²) in [6.45, 7) is 11.2. The van der Waals surface area contributed by atoms with Gasteiger partial charge in [0.25, 0.3) is 0 Å². The van der Waals surface area contributed by atoms with Gasteiger partial charge in [0.15, 0.2) is 0 Å². The van der Waals surface area contributed by atoms with Crippen molar-refractivity contribution in [3.8, 4) is 11.1 Å². The minimum atomic E-state index is -0.458. The summed E-state index contributed by atoms with van der Waals surface area (Å²) in [6, 6.07) is 17.9. The van der Waals surface area contributed by atoms with Crippen molar-refractivity contribution in [2.24, 2.45) is 0 Å². The van der Waals surface area contributed by atoms with Gasteiger partial charge in [-0.15, -0.1) is 0 Å². The van der Waals surface area contributed by atoms with Gasteiger partial charge in [0.05, 0.1) is 11.7 Å². The molecule has 2 aliphatic heterocycles. The zero-order valence-corrected chi connectivity index (χ0v) is 25.6. The van der Waals surface area contributed by atoms with E-state index in [1.54, 1.807) is 0 Å². The van der Waals surface area contributed by atoms with E-state index in [0.717, 1.165) is 114 Å². The number of para-hydroxylation sites is 1. The summed E-state index contributed by atoms with van der Waals surface area (Å²) in [7, 11) is 0. The van der Waals surface area contributed by atoms with Crippen molar-refractivity contribution in [1.29, 1.82) is 0 Å². The quantitative estimate of drug-likeness (QED) is 0.255. The molecule has 2 heterocycles. The van der Waals surface area contributed by atoms with E-state index < -0.39 is 11.7 Å². The number of nitrogens with one attached hydrogen (secondary N) is 2. The highest BCUT2D eigenvalue weighted by Crippen LogP contribution is 2.30. The van der Waals surface area contributed by atoms with Gasteiger partial charge in [-0.3, -0.25) is 15.0 Å². The molecule has 0 unspecified atom stereocenters. The van der Waals surface area contributed by atoms with Gasteiger partial charge in [-0.1, -0.05) is 48.5 Å². The van der Waals surface area contributed by atoms with E-state index in [2.05, 4.69) is 20.4 Å². The summed E-state index contributed by atoms with van der Waals surface area (Å²) in [5.41, 5.74) is 2.34. The van der Waals surface area contributed by atoms with Gasteiger partial charge in [-0.2, -0.15) is 0 Å². The van der Waals surface area contributed by atoms with Crippen molar-refractivity contribution in [1.82, 2.24) is 15.1 Å². The van der Waals surface area contributed by atoms with Gasteiger partial charge in [-0.05, 0) is 96.5 Å². The highest BCUT2D eigenvalue weighted by Gasteiger charge is 2.34. The Morgan fingerprint density at radius 3 is 2.33 bits per heavy atom. The highest BCUT2D eigenvalue weighted by atomic mass is 16.6. The fourth-order valence-corrected chi connectivity index (χ4v) is 6.02. The monoisotopic (exact) mass is 578 g/mol. The highest BCUT2D eigenvalue weighted by molar-refractivity contribution is 5.91. The summed E-state index contributed by atoms with van der Waals surface area (Å²) in [6.07, 6.45) is 7.62. The van der Waals surface area contributed by atoms with Crippen LogP contribution in [-0.4, -0.2) is 85.9 Å². The number of amides is 2. The Kier molecular flexibility index (Phi) is 12.7. The number of unbranched alkanes of at least 4 members (excludes halogenated alkanes) is 2. The molecule has 2 fully saturated rings. The number of hydrogen-bond acceptors (Lipinski definition) is 6. The van der Waals surface area contributed by atoms with Crippen LogP contribution < -0.4 is 10.6 Å². The van der Waals surface area contributed by atoms with E-state index in [0.29, 0.717) is 6.54 Å². The normalized spacial score (nSPS) is 19.0. The second-order valence-electron chi connectivity index (χ2n) is 11.8. The zero-order chi connectivity index (χ0) is 29.6. The molecule has 0 aromatic heterocycles. The van der Waals surface area contributed by atoms with Gasteiger partial charge >= 0.3 is 6.09 Å². The number of likely N-dealkylation sites (tertiary alicyclic amines) is 2. The first-order valence-corrected chi connectivity index (χ1v) is 15.9. The molecule has 0 aliphatic carbocycles. The maximum Gasteiger partial charge on any atom is 0.412 e. The van der Waals surface area contributed by atoms with Crippen molar-refractivity contribution in [2.45, 2.75) is 76.9 Å². The standard InChI is InChI=1S/C34H50N4O4/c1-3-35-32(39)31-18-13-23-38(31)22-10-12-27-41-26-11-9-21-37-24-19-34(2,20-25-37)42-33(40)36-30-17-8-7-16-29(30)28-14-5-4-6-15-28/h4-8,14-17,31H,3,9-13,18-27H2,1-2H3,(H,35,39)(H,36,40)/t31-/m1/s1. The van der Waals surface area contributed by atoms with Crippen LogP contribution in [0.25, 0.3) is 11.1 Å². The Labute approximate surface area is 252 Å². The van der Waals surface area contributed by atoms with Gasteiger partial charge in [0.2, 0.25) is 5.91 Å². The van der Waals surface area contributed by atoms with Crippen molar-refractivity contribution in [3.63, 3.8) is 0 Å². The molecule has 0 bridgehead atoms. The molecule has 8 heteroatoms. The zero-order valence-electron chi connectivity index (χ0n) is 25.6. The van der Waals surface area contributed by atoms with E-state index in [1.807, 2.05) is 68.4 Å². The molecule has 0 radical (unpaired) electrons. The molecule has 2 saturated heterocycles. The summed E-state index contributed by atoms with van der Waals surface area (Å²) in [5, 5.41) is 5.94. The number of carbonyl (C=O) groups excluding carboxylic acids is 2. The van der Waals surface area contributed by atoms with Crippen LogP contribution in [0.3, 0.4) is 0 Å². The minimum Gasteiger partial charge on any atom is -0.443 e. The van der Waals surface area contributed by atoms with Gasteiger partial charge in [0.1, 0.15) is 5.60 Å². The van der Waals surface area contributed by atoms with Crippen LogP contribution >= 0.6 is 0 Å². The Morgan fingerprint density at radius 2 is 1.60 bits per heavy atom. The first-order valence-electron chi connectivity index (χ1n) is 15.9. The van der Waals surface area contributed by atoms with Crippen molar-refractivity contribution < 1.29 is 19.1 Å². The number of anilines is 1. The van der Waals surface area contributed by atoms with E-state index in [-0.39, 0.29) is 11.9 Å². The molecule has 2 aromatic carbocycles. The summed E-state index contributed by atoms with van der Waals surface area (Å²) < 4.78 is 11.8. The van der Waals surface area contributed by atoms with Gasteiger partial charge < -0.3 is 19.7 Å². The van der Waals surface area contributed by atoms with E-state index in [1.165, 1.54) is 0 Å². The molecule has 230 valence electrons. The van der Waals surface area contributed by atoms with Crippen LogP contribution in [0.1, 0.15) is 65.2 Å². The van der Waals surface area contributed by atoms with E-state index in [4.69, 9.17) is 9.47 Å². The predicted octanol–water partition coefficient (Wildman–Crippen LogP) is 5.93. The second-order valence-corrected chi connectivity index (χ2v) is 11.8. The molecule has 2 aliphatic rings. The number of benzene rings is 2. The topological polar surface area (TPSA) is 83.1 Å². The Hall–Kier alpha value is -2.94. The Morgan fingerprint density at radius 1 is 0.905 bits per heavy atom. The lowest BCUT2D eigenvalue weighted by Crippen LogP contribution is -2.46. The largest absolute Gasteiger partial charge is 0.443 e. The number of carbonyl (C=O) groups is 2. The molecule has 8 nitrogen and oxygen atoms in total. The second kappa shape index (κ2) is 16.6. The Bertz CT molecular complexity index is 1100. The van der Waals surface area contributed by atoms with Crippen molar-refractivity contribution in [3.05, 3.63) is 54.6 Å². The maximum absolute atomic E-state index is 12.8. The van der Waals surface area contributed by atoms with Gasteiger partial charge in [-0.25, -0.2) is 4.79 Å². The molecule has 1 atom stereocenters. The van der Waals surface area contributed by atoms with E-state index >= 15 is 0 Å². The number of ether oxygens (including phenoxy) is 2. The van der Waals surface area contributed by atoms with Gasteiger partial charge in [0, 0.05) is 38.4 Å². The Balaban J connectivity index is 1.05. The fraction of sp³-hybridized carbons (Fsp3) is 0.588. The van der Waals surface area contributed by atoms with Crippen LogP contribution in [0.5, 0.6) is 0 Å². The third-order valence-corrected chi connectivity index (χ3v) is 8.52. The maximum atomic E-state index is 12.8. The summed E-state index contributed by atoms with van der Waals surface area (Å²) >= 11 is 0. The van der Waals surface area contributed by atoms with Crippen LogP contribution in [-0.2, 0) is 14.3 Å². The fourth-order valence-electron chi connectivity index (χ4n) is 6.02. The number of piperidine rings is 1. The summed E-state index contributed by atoms with van der Waals surface area (Å²) in [5.74, 6) is 0.184. The van der Waals surface area contributed by atoms with Crippen LogP contribution in [0.2, 0.25) is 0 Å². The molecule has 0 saturated carbocycles. The summed E-state index contributed by atoms with van der Waals surface area (Å²) in [4.78, 5) is 29.8. The van der Waals surface area contributed by atoms with Crippen molar-refractivity contribution in [2.75, 3.05) is 57.8 Å². The molecule has 2 aromatic rings. The number of nitrogens with zero attached hydrogens (tertiary/aromatic N) is 2. The lowest BCUT2D eigenvalue weighted by Gasteiger charge is -2.38. The van der Waals surface area contributed by atoms with Crippen LogP contribution in [0.15, 0.2) is 54.6 Å². The van der Waals surface area contributed by atoms with Crippen LogP contribution in [0.4, 0.5) is 10.5 Å². The third-order valence-electron chi connectivity index (χ3n) is 8.52. The SMILES string of the molecule is CCNC(=O)[C@H]1CCCN1CCCCOCCCCN1CCC(C)(OC(=O)Nc2ccccc2-c2ccccc2)CC1. The first-order chi connectivity index (χ1) is 20.5. The average molecular weight is 579 g/mol. The number of hydrogen-bond donors (Lipinski definition) is 2. The molecular weight excluding hydrogens is 528 g/mol. The predicted molar refractivity (Wildman–Crippen MR) is 169 cm³/mol. The average Bonchev–Trinajstić information content (AvgIpc) is 3.47. The number of likely N-dealkylation sites (N-methyl/N-ethyl adjacent to an activating group) is 1. The third kappa shape index (κ3) is 9.82. The molecular formula is C34H50N4O4. The lowest BCUT2D eigenvalue weighted by molar-refractivity contribution is -0.125. The lowest BCUT2D eigenvalue weighted by atomic mass is 9.93. The van der Waals surface area contributed by atoms with Crippen molar-refractivity contribution >= 4 is 17.7 Å². The smallest absolute Gasteiger partial charge is 0.412 e.